The fraction of sp³-hybridized carbons (Fsp3) is 0.520. The summed E-state index contributed by atoms with van der Waals surface area (Å²) in [6, 6.07) is 6.08. The Labute approximate surface area is 178 Å². The second-order valence-corrected chi connectivity index (χ2v) is 8.01. The highest BCUT2D eigenvalue weighted by atomic mass is 16.5. The van der Waals surface area contributed by atoms with Crippen LogP contribution in [0.15, 0.2) is 27.4 Å². The van der Waals surface area contributed by atoms with Crippen LogP contribution in [0.4, 0.5) is 0 Å². The Morgan fingerprint density at radius 3 is 2.57 bits per heavy atom. The van der Waals surface area contributed by atoms with E-state index in [0.717, 1.165) is 37.7 Å². The van der Waals surface area contributed by atoms with Gasteiger partial charge in [-0.25, -0.2) is 4.79 Å². The SMILES string of the molecule is CCCCCCc1ccc2c(c1)-c1oc(C(=O)OC)c(C)c(=O)c1C(CCCC)O2. The molecule has 0 N–H and O–H groups in total. The van der Waals surface area contributed by atoms with Crippen LogP contribution in [-0.4, -0.2) is 13.1 Å². The highest BCUT2D eigenvalue weighted by Crippen LogP contribution is 2.44. The first-order valence-electron chi connectivity index (χ1n) is 11.1. The molecule has 3 rings (SSSR count). The molecule has 2 aromatic rings. The van der Waals surface area contributed by atoms with E-state index in [9.17, 15) is 9.59 Å². The van der Waals surface area contributed by atoms with E-state index in [-0.39, 0.29) is 22.9 Å². The van der Waals surface area contributed by atoms with Crippen molar-refractivity contribution in [2.45, 2.75) is 78.2 Å². The molecule has 2 heterocycles. The number of hydrogen-bond donors (Lipinski definition) is 0. The smallest absolute Gasteiger partial charge is 0.374 e. The number of carbonyl (C=O) groups excluding carboxylic acids is 1. The van der Waals surface area contributed by atoms with Gasteiger partial charge in [0, 0.05) is 5.56 Å². The number of unbranched alkanes of at least 4 members (excludes halogenated alkanes) is 4. The van der Waals surface area contributed by atoms with Gasteiger partial charge in [0.15, 0.2) is 5.43 Å². The number of hydrogen-bond acceptors (Lipinski definition) is 5. The lowest BCUT2D eigenvalue weighted by molar-refractivity contribution is 0.0560. The first-order chi connectivity index (χ1) is 14.5. The van der Waals surface area contributed by atoms with Crippen LogP contribution in [-0.2, 0) is 11.2 Å². The molecule has 30 heavy (non-hydrogen) atoms. The van der Waals surface area contributed by atoms with Gasteiger partial charge in [0.1, 0.15) is 17.6 Å². The quantitative estimate of drug-likeness (QED) is 0.365. The van der Waals surface area contributed by atoms with Gasteiger partial charge in [-0.2, -0.15) is 0 Å². The fourth-order valence-corrected chi connectivity index (χ4v) is 4.00. The van der Waals surface area contributed by atoms with Crippen LogP contribution in [0.1, 0.15) is 92.1 Å². The van der Waals surface area contributed by atoms with Crippen molar-refractivity contribution >= 4 is 5.97 Å². The lowest BCUT2D eigenvalue weighted by Crippen LogP contribution is -2.26. The number of aryl methyl sites for hydroxylation is 1. The number of esters is 1. The van der Waals surface area contributed by atoms with E-state index in [2.05, 4.69) is 19.9 Å². The van der Waals surface area contributed by atoms with Gasteiger partial charge >= 0.3 is 5.97 Å². The molecule has 1 unspecified atom stereocenters. The third-order valence-corrected chi connectivity index (χ3v) is 5.76. The van der Waals surface area contributed by atoms with E-state index in [1.54, 1.807) is 6.92 Å². The molecular weight excluding hydrogens is 380 g/mol. The zero-order valence-electron chi connectivity index (χ0n) is 18.5. The largest absolute Gasteiger partial charge is 0.485 e. The molecule has 0 saturated carbocycles. The van der Waals surface area contributed by atoms with Crippen molar-refractivity contribution in [1.82, 2.24) is 0 Å². The number of carbonyl (C=O) groups is 1. The van der Waals surface area contributed by atoms with Crippen molar-refractivity contribution in [3.8, 4) is 17.1 Å². The minimum atomic E-state index is -0.638. The third kappa shape index (κ3) is 4.45. The van der Waals surface area contributed by atoms with Gasteiger partial charge in [-0.3, -0.25) is 4.79 Å². The summed E-state index contributed by atoms with van der Waals surface area (Å²) in [6.45, 7) is 5.91. The van der Waals surface area contributed by atoms with Gasteiger partial charge in [-0.05, 0) is 50.3 Å². The monoisotopic (exact) mass is 412 g/mol. The molecule has 0 amide bonds. The van der Waals surface area contributed by atoms with Crippen LogP contribution >= 0.6 is 0 Å². The summed E-state index contributed by atoms with van der Waals surface area (Å²) in [5, 5.41) is 0. The van der Waals surface area contributed by atoms with Gasteiger partial charge in [0.2, 0.25) is 5.76 Å². The van der Waals surface area contributed by atoms with Gasteiger partial charge in [-0.1, -0.05) is 45.6 Å². The predicted molar refractivity (Wildman–Crippen MR) is 117 cm³/mol. The number of methoxy groups -OCH3 is 1. The summed E-state index contributed by atoms with van der Waals surface area (Å²) < 4.78 is 17.1. The molecule has 162 valence electrons. The average molecular weight is 413 g/mol. The van der Waals surface area contributed by atoms with E-state index in [1.165, 1.54) is 31.9 Å². The molecular formula is C25H32O5. The van der Waals surface area contributed by atoms with Crippen molar-refractivity contribution in [1.29, 1.82) is 0 Å². The van der Waals surface area contributed by atoms with Crippen LogP contribution in [0.2, 0.25) is 0 Å². The molecule has 0 bridgehead atoms. The van der Waals surface area contributed by atoms with Crippen molar-refractivity contribution < 1.29 is 18.7 Å². The molecule has 0 spiro atoms. The summed E-state index contributed by atoms with van der Waals surface area (Å²) in [7, 11) is 1.29. The second-order valence-electron chi connectivity index (χ2n) is 8.01. The van der Waals surface area contributed by atoms with Crippen LogP contribution in [0.3, 0.4) is 0 Å². The Hall–Kier alpha value is -2.56. The molecule has 0 saturated heterocycles. The maximum absolute atomic E-state index is 13.2. The minimum Gasteiger partial charge on any atom is -0.485 e. The summed E-state index contributed by atoms with van der Waals surface area (Å²) in [4.78, 5) is 25.4. The Balaban J connectivity index is 2.08. The van der Waals surface area contributed by atoms with E-state index in [0.29, 0.717) is 17.1 Å². The van der Waals surface area contributed by atoms with Crippen molar-refractivity contribution in [3.63, 3.8) is 0 Å². The number of ether oxygens (including phenoxy) is 2. The standard InChI is InChI=1S/C25H32O5/c1-5-7-9-10-11-17-13-14-19-18(15-17)24-21(20(29-19)12-8-6-2)22(26)16(3)23(30-24)25(27)28-4/h13-15,20H,5-12H2,1-4H3. The molecule has 1 aliphatic rings. The highest BCUT2D eigenvalue weighted by Gasteiger charge is 2.33. The summed E-state index contributed by atoms with van der Waals surface area (Å²) in [6.07, 6.45) is 7.99. The second kappa shape index (κ2) is 9.96. The Bertz CT molecular complexity index is 957. The molecule has 1 aliphatic heterocycles. The third-order valence-electron chi connectivity index (χ3n) is 5.76. The maximum Gasteiger partial charge on any atom is 0.374 e. The predicted octanol–water partition coefficient (Wildman–Crippen LogP) is 6.15. The molecule has 0 aliphatic carbocycles. The molecule has 0 radical (unpaired) electrons. The van der Waals surface area contributed by atoms with Crippen LogP contribution in [0.25, 0.3) is 11.3 Å². The number of rotatable bonds is 9. The van der Waals surface area contributed by atoms with E-state index >= 15 is 0 Å². The first kappa shape index (κ1) is 22.1. The lowest BCUT2D eigenvalue weighted by atomic mass is 9.92. The van der Waals surface area contributed by atoms with Crippen molar-refractivity contribution in [2.24, 2.45) is 0 Å². The summed E-state index contributed by atoms with van der Waals surface area (Å²) >= 11 is 0. The zero-order valence-corrected chi connectivity index (χ0v) is 18.5. The van der Waals surface area contributed by atoms with Gasteiger partial charge in [0.25, 0.3) is 0 Å². The molecule has 1 atom stereocenters. The maximum atomic E-state index is 13.2. The summed E-state index contributed by atoms with van der Waals surface area (Å²) in [5.74, 6) is 0.477. The lowest BCUT2D eigenvalue weighted by Gasteiger charge is -2.28. The van der Waals surface area contributed by atoms with Gasteiger partial charge < -0.3 is 13.9 Å². The van der Waals surface area contributed by atoms with E-state index in [1.807, 2.05) is 12.1 Å². The van der Waals surface area contributed by atoms with E-state index in [4.69, 9.17) is 13.9 Å². The van der Waals surface area contributed by atoms with Crippen LogP contribution < -0.4 is 10.2 Å². The normalized spacial score (nSPS) is 14.6. The van der Waals surface area contributed by atoms with E-state index < -0.39 is 5.97 Å². The first-order valence-corrected chi connectivity index (χ1v) is 11.1. The Morgan fingerprint density at radius 2 is 1.87 bits per heavy atom. The van der Waals surface area contributed by atoms with Crippen molar-refractivity contribution in [2.75, 3.05) is 7.11 Å². The minimum absolute atomic E-state index is 0.0308. The number of fused-ring (bicyclic) bond motifs is 3. The topological polar surface area (TPSA) is 65.7 Å². The molecule has 1 aromatic carbocycles. The average Bonchev–Trinajstić information content (AvgIpc) is 2.76. The van der Waals surface area contributed by atoms with Gasteiger partial charge in [-0.15, -0.1) is 0 Å². The number of benzene rings is 1. The molecule has 5 heteroatoms. The van der Waals surface area contributed by atoms with Crippen molar-refractivity contribution in [3.05, 3.63) is 50.9 Å². The molecule has 1 aromatic heterocycles. The zero-order chi connectivity index (χ0) is 21.7. The highest BCUT2D eigenvalue weighted by molar-refractivity contribution is 5.88. The van der Waals surface area contributed by atoms with Crippen LogP contribution in [0, 0.1) is 6.92 Å². The fourth-order valence-electron chi connectivity index (χ4n) is 4.00. The van der Waals surface area contributed by atoms with Gasteiger partial charge in [0.05, 0.1) is 18.2 Å². The molecule has 5 nitrogen and oxygen atoms in total. The summed E-state index contributed by atoms with van der Waals surface area (Å²) in [5.41, 5.74) is 2.51. The Morgan fingerprint density at radius 1 is 1.10 bits per heavy atom. The molecule has 0 fully saturated rings. The Kier molecular flexibility index (Phi) is 7.35. The van der Waals surface area contributed by atoms with Crippen LogP contribution in [0.5, 0.6) is 5.75 Å².